The average Bonchev–Trinajstić information content (AvgIpc) is 2.86. The van der Waals surface area contributed by atoms with Crippen molar-refractivity contribution in [2.24, 2.45) is 0 Å². The van der Waals surface area contributed by atoms with Crippen molar-refractivity contribution in [2.75, 3.05) is 6.61 Å². The van der Waals surface area contributed by atoms with Crippen LogP contribution < -0.4 is 0 Å². The fraction of sp³-hybridized carbons (Fsp3) is 0.636. The summed E-state index contributed by atoms with van der Waals surface area (Å²) in [5.74, 6) is -0.355. The van der Waals surface area contributed by atoms with Crippen LogP contribution in [0.15, 0.2) is 10.7 Å². The van der Waals surface area contributed by atoms with Gasteiger partial charge in [-0.1, -0.05) is 12.8 Å². The summed E-state index contributed by atoms with van der Waals surface area (Å²) in [5, 5.41) is 4.31. The van der Waals surface area contributed by atoms with Crippen molar-refractivity contribution >= 4 is 21.9 Å². The SMILES string of the molecule is CCOC(=O)c1nn(C2CCCC2)cc1Br. The molecule has 0 N–H and O–H groups in total. The first-order valence-electron chi connectivity index (χ1n) is 5.64. The second kappa shape index (κ2) is 4.99. The molecule has 0 aliphatic heterocycles. The van der Waals surface area contributed by atoms with Gasteiger partial charge in [-0.3, -0.25) is 4.68 Å². The van der Waals surface area contributed by atoms with Gasteiger partial charge in [-0.2, -0.15) is 5.10 Å². The van der Waals surface area contributed by atoms with Gasteiger partial charge in [0.1, 0.15) is 0 Å². The van der Waals surface area contributed by atoms with E-state index in [1.807, 2.05) is 10.9 Å². The summed E-state index contributed by atoms with van der Waals surface area (Å²) in [6, 6.07) is 0.444. The summed E-state index contributed by atoms with van der Waals surface area (Å²) in [7, 11) is 0. The quantitative estimate of drug-likeness (QED) is 0.803. The molecule has 0 aromatic carbocycles. The Hall–Kier alpha value is -0.840. The van der Waals surface area contributed by atoms with Gasteiger partial charge in [-0.15, -0.1) is 0 Å². The van der Waals surface area contributed by atoms with E-state index in [-0.39, 0.29) is 5.97 Å². The zero-order valence-electron chi connectivity index (χ0n) is 9.28. The molecule has 1 aliphatic carbocycles. The lowest BCUT2D eigenvalue weighted by atomic mass is 10.3. The van der Waals surface area contributed by atoms with E-state index in [0.29, 0.717) is 18.3 Å². The first-order valence-corrected chi connectivity index (χ1v) is 6.43. The third-order valence-electron chi connectivity index (χ3n) is 2.85. The van der Waals surface area contributed by atoms with Crippen LogP contribution in [0.4, 0.5) is 0 Å². The molecule has 0 unspecified atom stereocenters. The number of rotatable bonds is 3. The lowest BCUT2D eigenvalue weighted by molar-refractivity contribution is 0.0517. The molecule has 0 radical (unpaired) electrons. The van der Waals surface area contributed by atoms with Crippen molar-refractivity contribution in [3.05, 3.63) is 16.4 Å². The maximum atomic E-state index is 11.6. The molecule has 16 heavy (non-hydrogen) atoms. The minimum atomic E-state index is -0.355. The number of halogens is 1. The molecule has 2 rings (SSSR count). The van der Waals surface area contributed by atoms with Crippen molar-refractivity contribution in [1.82, 2.24) is 9.78 Å². The maximum absolute atomic E-state index is 11.6. The predicted octanol–water partition coefficient (Wildman–Crippen LogP) is 2.94. The van der Waals surface area contributed by atoms with Crippen LogP contribution in [0.1, 0.15) is 49.1 Å². The molecule has 0 bridgehead atoms. The van der Waals surface area contributed by atoms with Gasteiger partial charge in [-0.05, 0) is 35.7 Å². The van der Waals surface area contributed by atoms with Crippen LogP contribution in [0.25, 0.3) is 0 Å². The van der Waals surface area contributed by atoms with Crippen LogP contribution >= 0.6 is 15.9 Å². The fourth-order valence-electron chi connectivity index (χ4n) is 2.06. The molecule has 1 aliphatic rings. The lowest BCUT2D eigenvalue weighted by Gasteiger charge is -2.08. The van der Waals surface area contributed by atoms with E-state index in [9.17, 15) is 4.79 Å². The van der Waals surface area contributed by atoms with Gasteiger partial charge in [0.25, 0.3) is 0 Å². The Balaban J connectivity index is 2.17. The standard InChI is InChI=1S/C11H15BrN2O2/c1-2-16-11(15)10-9(12)7-14(13-10)8-5-3-4-6-8/h7-8H,2-6H2,1H3. The first-order chi connectivity index (χ1) is 7.72. The third-order valence-corrected chi connectivity index (χ3v) is 3.44. The number of hydrogen-bond donors (Lipinski definition) is 0. The Morgan fingerprint density at radius 3 is 2.94 bits per heavy atom. The van der Waals surface area contributed by atoms with E-state index < -0.39 is 0 Å². The van der Waals surface area contributed by atoms with Gasteiger partial charge in [0.2, 0.25) is 0 Å². The topological polar surface area (TPSA) is 44.1 Å². The molecule has 1 saturated carbocycles. The van der Waals surface area contributed by atoms with Crippen molar-refractivity contribution < 1.29 is 9.53 Å². The molecular weight excluding hydrogens is 272 g/mol. The molecule has 0 saturated heterocycles. The Bertz CT molecular complexity index is 383. The number of carbonyl (C=O) groups is 1. The second-order valence-electron chi connectivity index (χ2n) is 3.96. The van der Waals surface area contributed by atoms with Crippen LogP contribution in [0.5, 0.6) is 0 Å². The number of esters is 1. The molecule has 0 spiro atoms. The summed E-state index contributed by atoms with van der Waals surface area (Å²) in [5.41, 5.74) is 0.383. The van der Waals surface area contributed by atoms with Gasteiger partial charge in [-0.25, -0.2) is 4.79 Å². The minimum Gasteiger partial charge on any atom is -0.461 e. The highest BCUT2D eigenvalue weighted by molar-refractivity contribution is 9.10. The van der Waals surface area contributed by atoms with Gasteiger partial charge < -0.3 is 4.74 Å². The van der Waals surface area contributed by atoms with Gasteiger partial charge in [0, 0.05) is 6.20 Å². The molecule has 5 heteroatoms. The molecule has 1 aromatic heterocycles. The van der Waals surface area contributed by atoms with E-state index >= 15 is 0 Å². The average molecular weight is 287 g/mol. The van der Waals surface area contributed by atoms with Crippen molar-refractivity contribution in [3.8, 4) is 0 Å². The van der Waals surface area contributed by atoms with Crippen LogP contribution in [-0.2, 0) is 4.74 Å². The summed E-state index contributed by atoms with van der Waals surface area (Å²) in [6.07, 6.45) is 6.67. The van der Waals surface area contributed by atoms with Crippen LogP contribution in [0.2, 0.25) is 0 Å². The van der Waals surface area contributed by atoms with Gasteiger partial charge >= 0.3 is 5.97 Å². The molecule has 1 fully saturated rings. The molecule has 4 nitrogen and oxygen atoms in total. The number of hydrogen-bond acceptors (Lipinski definition) is 3. The van der Waals surface area contributed by atoms with Crippen LogP contribution in [0, 0.1) is 0 Å². The van der Waals surface area contributed by atoms with Gasteiger partial charge in [0.15, 0.2) is 5.69 Å². The Morgan fingerprint density at radius 1 is 1.62 bits per heavy atom. The number of ether oxygens (including phenoxy) is 1. The highest BCUT2D eigenvalue weighted by Gasteiger charge is 2.22. The van der Waals surface area contributed by atoms with Crippen LogP contribution in [0.3, 0.4) is 0 Å². The normalized spacial score (nSPS) is 16.6. The smallest absolute Gasteiger partial charge is 0.360 e. The Kier molecular flexibility index (Phi) is 3.63. The molecule has 0 amide bonds. The summed E-state index contributed by atoms with van der Waals surface area (Å²) < 4.78 is 7.55. The van der Waals surface area contributed by atoms with E-state index in [2.05, 4.69) is 21.0 Å². The zero-order chi connectivity index (χ0) is 11.5. The third kappa shape index (κ3) is 2.29. The molecule has 0 atom stereocenters. The highest BCUT2D eigenvalue weighted by Crippen LogP contribution is 2.30. The lowest BCUT2D eigenvalue weighted by Crippen LogP contribution is -2.09. The number of aromatic nitrogens is 2. The predicted molar refractivity (Wildman–Crippen MR) is 63.4 cm³/mol. The summed E-state index contributed by atoms with van der Waals surface area (Å²) >= 11 is 3.35. The van der Waals surface area contributed by atoms with Crippen molar-refractivity contribution in [2.45, 2.75) is 38.6 Å². The second-order valence-corrected chi connectivity index (χ2v) is 4.82. The summed E-state index contributed by atoms with van der Waals surface area (Å²) in [6.45, 7) is 2.17. The molecular formula is C11H15BrN2O2. The van der Waals surface area contributed by atoms with E-state index in [1.54, 1.807) is 6.92 Å². The minimum absolute atomic E-state index is 0.355. The maximum Gasteiger partial charge on any atom is 0.360 e. The first kappa shape index (κ1) is 11.6. The molecule has 1 heterocycles. The van der Waals surface area contributed by atoms with Crippen molar-refractivity contribution in [1.29, 1.82) is 0 Å². The highest BCUT2D eigenvalue weighted by atomic mass is 79.9. The van der Waals surface area contributed by atoms with E-state index in [0.717, 1.165) is 17.3 Å². The number of nitrogens with zero attached hydrogens (tertiary/aromatic N) is 2. The zero-order valence-corrected chi connectivity index (χ0v) is 10.9. The Morgan fingerprint density at radius 2 is 2.31 bits per heavy atom. The summed E-state index contributed by atoms with van der Waals surface area (Å²) in [4.78, 5) is 11.6. The molecule has 1 aromatic rings. The molecule has 88 valence electrons. The fourth-order valence-corrected chi connectivity index (χ4v) is 2.51. The van der Waals surface area contributed by atoms with E-state index in [1.165, 1.54) is 12.8 Å². The number of carbonyl (C=O) groups excluding carboxylic acids is 1. The van der Waals surface area contributed by atoms with Crippen molar-refractivity contribution in [3.63, 3.8) is 0 Å². The van der Waals surface area contributed by atoms with Gasteiger partial charge in [0.05, 0.1) is 17.1 Å². The Labute approximate surface area is 103 Å². The largest absolute Gasteiger partial charge is 0.461 e. The monoisotopic (exact) mass is 286 g/mol. The van der Waals surface area contributed by atoms with Crippen LogP contribution in [-0.4, -0.2) is 22.4 Å². The van der Waals surface area contributed by atoms with E-state index in [4.69, 9.17) is 4.74 Å².